The molecule has 8 nitrogen and oxygen atoms in total. The van der Waals surface area contributed by atoms with Crippen molar-refractivity contribution in [1.29, 1.82) is 0 Å². The lowest BCUT2D eigenvalue weighted by Crippen LogP contribution is -2.17. The van der Waals surface area contributed by atoms with Gasteiger partial charge in [0, 0.05) is 17.3 Å². The molecular weight excluding hydrogens is 458 g/mol. The van der Waals surface area contributed by atoms with E-state index in [4.69, 9.17) is 4.74 Å². The highest BCUT2D eigenvalue weighted by Crippen LogP contribution is 2.38. The first-order valence-electron chi connectivity index (χ1n) is 9.39. The highest BCUT2D eigenvalue weighted by Gasteiger charge is 2.27. The van der Waals surface area contributed by atoms with Crippen LogP contribution in [0.3, 0.4) is 0 Å². The number of aryl methyl sites for hydroxylation is 1. The van der Waals surface area contributed by atoms with E-state index in [2.05, 4.69) is 31.4 Å². The number of amides is 1. The van der Waals surface area contributed by atoms with Crippen molar-refractivity contribution in [2.45, 2.75) is 39.3 Å². The van der Waals surface area contributed by atoms with E-state index >= 15 is 0 Å². The highest BCUT2D eigenvalue weighted by molar-refractivity contribution is 9.10. The van der Waals surface area contributed by atoms with E-state index in [-0.39, 0.29) is 17.6 Å². The van der Waals surface area contributed by atoms with Gasteiger partial charge in [0.2, 0.25) is 0 Å². The van der Waals surface area contributed by atoms with Crippen molar-refractivity contribution in [2.24, 2.45) is 0 Å². The Hall–Kier alpha value is -2.46. The first-order valence-corrected chi connectivity index (χ1v) is 11.0. The molecule has 29 heavy (non-hydrogen) atoms. The predicted molar refractivity (Wildman–Crippen MR) is 112 cm³/mol. The molecule has 0 atom stereocenters. The third-order valence-corrected chi connectivity index (χ3v) is 6.26. The quantitative estimate of drug-likeness (QED) is 0.546. The number of fused-ring (bicyclic) bond motifs is 1. The lowest BCUT2D eigenvalue weighted by molar-refractivity contribution is 0.0526. The topological polar surface area (TPSA) is 91.0 Å². The van der Waals surface area contributed by atoms with Crippen LogP contribution in [0.4, 0.5) is 5.00 Å². The number of rotatable bonds is 6. The molecule has 152 valence electrons. The Labute approximate surface area is 180 Å². The average molecular weight is 478 g/mol. The molecule has 3 aromatic rings. The smallest absolute Gasteiger partial charge is 0.341 e. The van der Waals surface area contributed by atoms with Gasteiger partial charge in [0.1, 0.15) is 11.7 Å². The lowest BCUT2D eigenvalue weighted by atomic mass is 9.95. The van der Waals surface area contributed by atoms with Crippen LogP contribution in [0.5, 0.6) is 0 Å². The third-order valence-electron chi connectivity index (χ3n) is 4.64. The summed E-state index contributed by atoms with van der Waals surface area (Å²) in [6.07, 6.45) is 9.13. The molecule has 0 saturated heterocycles. The summed E-state index contributed by atoms with van der Waals surface area (Å²) in [6.45, 7) is 2.46. The first-order chi connectivity index (χ1) is 14.0. The van der Waals surface area contributed by atoms with Gasteiger partial charge in [0.05, 0.1) is 22.8 Å². The van der Waals surface area contributed by atoms with E-state index in [0.29, 0.717) is 23.8 Å². The number of hydrogen-bond donors (Lipinski definition) is 1. The molecule has 0 aromatic carbocycles. The second-order valence-electron chi connectivity index (χ2n) is 6.67. The molecule has 0 radical (unpaired) electrons. The molecule has 10 heteroatoms. The Morgan fingerprint density at radius 1 is 1.31 bits per heavy atom. The Balaban J connectivity index is 1.54. The lowest BCUT2D eigenvalue weighted by Gasteiger charge is -2.12. The largest absolute Gasteiger partial charge is 0.462 e. The van der Waals surface area contributed by atoms with Gasteiger partial charge in [-0.05, 0) is 60.2 Å². The molecule has 0 aliphatic heterocycles. The van der Waals surface area contributed by atoms with Crippen molar-refractivity contribution in [1.82, 2.24) is 19.6 Å². The van der Waals surface area contributed by atoms with Crippen LogP contribution in [0.2, 0.25) is 0 Å². The van der Waals surface area contributed by atoms with Crippen LogP contribution >= 0.6 is 27.3 Å². The van der Waals surface area contributed by atoms with Gasteiger partial charge < -0.3 is 10.1 Å². The second-order valence-corrected chi connectivity index (χ2v) is 8.69. The molecule has 1 N–H and O–H groups in total. The SMILES string of the molecule is CCOC(=O)c1c(NC(=O)c2ccn(Cn3cc(Br)cn3)n2)sc2c1CCCC2. The monoisotopic (exact) mass is 477 g/mol. The summed E-state index contributed by atoms with van der Waals surface area (Å²) in [5.74, 6) is -0.730. The van der Waals surface area contributed by atoms with Crippen molar-refractivity contribution >= 4 is 44.1 Å². The van der Waals surface area contributed by atoms with E-state index in [9.17, 15) is 9.59 Å². The van der Waals surface area contributed by atoms with Crippen molar-refractivity contribution in [3.63, 3.8) is 0 Å². The van der Waals surface area contributed by atoms with E-state index in [1.165, 1.54) is 11.3 Å². The predicted octanol–water partition coefficient (Wildman–Crippen LogP) is 3.72. The molecular formula is C19H20BrN5O3S. The molecule has 0 unspecified atom stereocenters. The van der Waals surface area contributed by atoms with Gasteiger partial charge >= 0.3 is 5.97 Å². The molecule has 1 aliphatic carbocycles. The van der Waals surface area contributed by atoms with Crippen molar-refractivity contribution in [3.8, 4) is 0 Å². The number of thiophene rings is 1. The Bertz CT molecular complexity index is 1050. The zero-order chi connectivity index (χ0) is 20.4. The molecule has 0 fully saturated rings. The fourth-order valence-corrected chi connectivity index (χ4v) is 4.97. The van der Waals surface area contributed by atoms with E-state index in [0.717, 1.165) is 40.6 Å². The van der Waals surface area contributed by atoms with Crippen LogP contribution in [0, 0.1) is 0 Å². The van der Waals surface area contributed by atoms with Gasteiger partial charge in [-0.15, -0.1) is 11.3 Å². The molecule has 0 bridgehead atoms. The first kappa shape index (κ1) is 19.8. The number of hydrogen-bond acceptors (Lipinski definition) is 6. The van der Waals surface area contributed by atoms with Crippen LogP contribution < -0.4 is 5.32 Å². The number of ether oxygens (including phenoxy) is 1. The van der Waals surface area contributed by atoms with Crippen LogP contribution in [0.25, 0.3) is 0 Å². The number of aromatic nitrogens is 4. The maximum Gasteiger partial charge on any atom is 0.341 e. The summed E-state index contributed by atoms with van der Waals surface area (Å²) >= 11 is 4.82. The van der Waals surface area contributed by atoms with E-state index in [1.54, 1.807) is 34.7 Å². The summed E-state index contributed by atoms with van der Waals surface area (Å²) in [5.41, 5.74) is 1.79. The van der Waals surface area contributed by atoms with Crippen LogP contribution in [0.1, 0.15) is 51.1 Å². The molecule has 1 aliphatic rings. The summed E-state index contributed by atoms with van der Waals surface area (Å²) in [4.78, 5) is 26.4. The second kappa shape index (κ2) is 8.50. The maximum atomic E-state index is 12.8. The minimum Gasteiger partial charge on any atom is -0.462 e. The fraction of sp³-hybridized carbons (Fsp3) is 0.368. The van der Waals surface area contributed by atoms with Gasteiger partial charge in [-0.1, -0.05) is 0 Å². The number of carbonyl (C=O) groups excluding carboxylic acids is 2. The minimum atomic E-state index is -0.378. The molecule has 3 heterocycles. The zero-order valence-electron chi connectivity index (χ0n) is 15.9. The molecule has 3 aromatic heterocycles. The summed E-state index contributed by atoms with van der Waals surface area (Å²) in [5, 5.41) is 11.9. The number of carbonyl (C=O) groups is 2. The van der Waals surface area contributed by atoms with Gasteiger partial charge in [0.25, 0.3) is 5.91 Å². The molecule has 0 spiro atoms. The van der Waals surface area contributed by atoms with Gasteiger partial charge in [-0.25, -0.2) is 9.48 Å². The molecule has 0 saturated carbocycles. The molecule has 1 amide bonds. The Morgan fingerprint density at radius 2 is 2.14 bits per heavy atom. The van der Waals surface area contributed by atoms with Gasteiger partial charge in [-0.3, -0.25) is 9.48 Å². The normalized spacial score (nSPS) is 13.2. The van der Waals surface area contributed by atoms with Crippen molar-refractivity contribution in [3.05, 3.63) is 50.8 Å². The highest BCUT2D eigenvalue weighted by atomic mass is 79.9. The minimum absolute atomic E-state index is 0.275. The fourth-order valence-electron chi connectivity index (χ4n) is 3.37. The van der Waals surface area contributed by atoms with Crippen LogP contribution in [-0.2, 0) is 24.2 Å². The van der Waals surface area contributed by atoms with Gasteiger partial charge in [-0.2, -0.15) is 10.2 Å². The van der Waals surface area contributed by atoms with Crippen LogP contribution in [-0.4, -0.2) is 38.0 Å². The Kier molecular flexibility index (Phi) is 5.81. The van der Waals surface area contributed by atoms with Crippen LogP contribution in [0.15, 0.2) is 29.1 Å². The standard InChI is InChI=1S/C19H20BrN5O3S/c1-2-28-19(27)16-13-5-3-4-6-15(13)29-18(16)22-17(26)14-7-8-24(23-14)11-25-10-12(20)9-21-25/h7-10H,2-6,11H2,1H3,(H,22,26). The van der Waals surface area contributed by atoms with Crippen molar-refractivity contribution in [2.75, 3.05) is 11.9 Å². The average Bonchev–Trinajstić information content (AvgIpc) is 3.40. The Morgan fingerprint density at radius 3 is 2.90 bits per heavy atom. The summed E-state index contributed by atoms with van der Waals surface area (Å²) < 4.78 is 9.43. The van der Waals surface area contributed by atoms with E-state index < -0.39 is 0 Å². The summed E-state index contributed by atoms with van der Waals surface area (Å²) in [7, 11) is 0. The van der Waals surface area contributed by atoms with Crippen molar-refractivity contribution < 1.29 is 14.3 Å². The number of halogens is 1. The number of esters is 1. The maximum absolute atomic E-state index is 12.8. The number of nitrogens with one attached hydrogen (secondary N) is 1. The zero-order valence-corrected chi connectivity index (χ0v) is 18.3. The summed E-state index contributed by atoms with van der Waals surface area (Å²) in [6, 6.07) is 1.64. The number of nitrogens with zero attached hydrogens (tertiary/aromatic N) is 4. The third kappa shape index (κ3) is 4.27. The number of anilines is 1. The van der Waals surface area contributed by atoms with Gasteiger partial charge in [0.15, 0.2) is 5.69 Å². The van der Waals surface area contributed by atoms with E-state index in [1.807, 2.05) is 6.20 Å². The molecule has 4 rings (SSSR count).